The third kappa shape index (κ3) is 2.84. The molecule has 16 heavy (non-hydrogen) atoms. The lowest BCUT2D eigenvalue weighted by atomic mass is 10.1. The third-order valence-electron chi connectivity index (χ3n) is 1.75. The van der Waals surface area contributed by atoms with Gasteiger partial charge in [0.15, 0.2) is 0 Å². The second kappa shape index (κ2) is 4.81. The van der Waals surface area contributed by atoms with Crippen LogP contribution in [0.1, 0.15) is 11.1 Å². The largest absolute Gasteiger partial charge is 0.417 e. The fourth-order valence-corrected chi connectivity index (χ4v) is 1.06. The van der Waals surface area contributed by atoms with Crippen molar-refractivity contribution >= 4 is 5.82 Å². The minimum absolute atomic E-state index is 0.0274. The first-order valence-corrected chi connectivity index (χ1v) is 4.31. The molecule has 0 atom stereocenters. The molecule has 1 aromatic rings. The zero-order valence-electron chi connectivity index (χ0n) is 8.04. The fourth-order valence-electron chi connectivity index (χ4n) is 1.06. The molecule has 0 aliphatic rings. The van der Waals surface area contributed by atoms with Crippen LogP contribution in [0.4, 0.5) is 19.0 Å². The van der Waals surface area contributed by atoms with Crippen molar-refractivity contribution in [1.82, 2.24) is 4.98 Å². The average molecular weight is 231 g/mol. The Balaban J connectivity index is 3.08. The van der Waals surface area contributed by atoms with Gasteiger partial charge in [0.1, 0.15) is 11.9 Å². The number of nitriles is 1. The number of aliphatic hydroxyl groups is 1. The lowest BCUT2D eigenvalue weighted by Gasteiger charge is -2.10. The van der Waals surface area contributed by atoms with E-state index in [1.165, 1.54) is 6.07 Å². The first kappa shape index (κ1) is 12.3. The molecule has 0 saturated carbocycles. The molecule has 0 saturated heterocycles. The van der Waals surface area contributed by atoms with E-state index in [9.17, 15) is 13.2 Å². The van der Waals surface area contributed by atoms with Crippen LogP contribution in [0.5, 0.6) is 0 Å². The zero-order chi connectivity index (χ0) is 12.2. The van der Waals surface area contributed by atoms with E-state index in [2.05, 4.69) is 10.3 Å². The van der Waals surface area contributed by atoms with Gasteiger partial charge in [-0.2, -0.15) is 18.4 Å². The summed E-state index contributed by atoms with van der Waals surface area (Å²) in [5.41, 5.74) is -1.56. The molecule has 1 heterocycles. The van der Waals surface area contributed by atoms with Crippen molar-refractivity contribution in [2.45, 2.75) is 6.18 Å². The van der Waals surface area contributed by atoms with Crippen molar-refractivity contribution in [2.75, 3.05) is 18.5 Å². The van der Waals surface area contributed by atoms with E-state index in [0.717, 1.165) is 12.3 Å². The number of alkyl halides is 3. The number of aromatic nitrogens is 1. The van der Waals surface area contributed by atoms with E-state index in [0.29, 0.717) is 0 Å². The SMILES string of the molecule is N#Cc1cnc(NCCO)cc1C(F)(F)F. The normalized spacial score (nSPS) is 10.9. The molecule has 0 aliphatic carbocycles. The molecule has 86 valence electrons. The van der Waals surface area contributed by atoms with Gasteiger partial charge in [0, 0.05) is 12.7 Å². The summed E-state index contributed by atoms with van der Waals surface area (Å²) in [5.74, 6) is -0.0274. The van der Waals surface area contributed by atoms with E-state index in [4.69, 9.17) is 10.4 Å². The molecule has 1 rings (SSSR count). The summed E-state index contributed by atoms with van der Waals surface area (Å²) in [4.78, 5) is 3.62. The van der Waals surface area contributed by atoms with Gasteiger partial charge in [-0.15, -0.1) is 0 Å². The Hall–Kier alpha value is -1.81. The molecule has 2 N–H and O–H groups in total. The Morgan fingerprint density at radius 3 is 2.69 bits per heavy atom. The van der Waals surface area contributed by atoms with Crippen molar-refractivity contribution in [3.05, 3.63) is 23.4 Å². The molecule has 0 fully saturated rings. The fraction of sp³-hybridized carbons (Fsp3) is 0.333. The highest BCUT2D eigenvalue weighted by atomic mass is 19.4. The van der Waals surface area contributed by atoms with Crippen LogP contribution in [0.3, 0.4) is 0 Å². The Morgan fingerprint density at radius 2 is 2.19 bits per heavy atom. The van der Waals surface area contributed by atoms with Crippen LogP contribution in [0, 0.1) is 11.3 Å². The van der Waals surface area contributed by atoms with E-state index >= 15 is 0 Å². The van der Waals surface area contributed by atoms with E-state index in [-0.39, 0.29) is 19.0 Å². The Morgan fingerprint density at radius 1 is 1.50 bits per heavy atom. The second-order valence-electron chi connectivity index (χ2n) is 2.88. The van der Waals surface area contributed by atoms with Gasteiger partial charge in [-0.3, -0.25) is 0 Å². The monoisotopic (exact) mass is 231 g/mol. The van der Waals surface area contributed by atoms with Gasteiger partial charge in [-0.05, 0) is 6.07 Å². The van der Waals surface area contributed by atoms with Gasteiger partial charge >= 0.3 is 6.18 Å². The van der Waals surface area contributed by atoms with Crippen LogP contribution < -0.4 is 5.32 Å². The van der Waals surface area contributed by atoms with Gasteiger partial charge < -0.3 is 10.4 Å². The van der Waals surface area contributed by atoms with Crippen molar-refractivity contribution in [3.8, 4) is 6.07 Å². The number of rotatable bonds is 3. The quantitative estimate of drug-likeness (QED) is 0.824. The van der Waals surface area contributed by atoms with Crippen molar-refractivity contribution < 1.29 is 18.3 Å². The molecule has 7 heteroatoms. The highest BCUT2D eigenvalue weighted by molar-refractivity contribution is 5.46. The molecule has 0 unspecified atom stereocenters. The highest BCUT2D eigenvalue weighted by Crippen LogP contribution is 2.32. The summed E-state index contributed by atoms with van der Waals surface area (Å²) in [5, 5.41) is 19.5. The lowest BCUT2D eigenvalue weighted by Crippen LogP contribution is -2.12. The van der Waals surface area contributed by atoms with Crippen LogP contribution in [-0.2, 0) is 6.18 Å². The number of pyridine rings is 1. The smallest absolute Gasteiger partial charge is 0.395 e. The zero-order valence-corrected chi connectivity index (χ0v) is 8.04. The average Bonchev–Trinajstić information content (AvgIpc) is 2.24. The van der Waals surface area contributed by atoms with Crippen LogP contribution in [0.15, 0.2) is 12.3 Å². The molecule has 1 aromatic heterocycles. The first-order chi connectivity index (χ1) is 7.49. The summed E-state index contributed by atoms with van der Waals surface area (Å²) in [6, 6.07) is 2.17. The number of hydrogen-bond donors (Lipinski definition) is 2. The Bertz CT molecular complexity index is 411. The third-order valence-corrected chi connectivity index (χ3v) is 1.75. The van der Waals surface area contributed by atoms with Crippen LogP contribution in [-0.4, -0.2) is 23.2 Å². The van der Waals surface area contributed by atoms with E-state index < -0.39 is 17.3 Å². The van der Waals surface area contributed by atoms with E-state index in [1.54, 1.807) is 0 Å². The molecular formula is C9H8F3N3O. The van der Waals surface area contributed by atoms with Crippen LogP contribution in [0.25, 0.3) is 0 Å². The molecule has 0 bridgehead atoms. The van der Waals surface area contributed by atoms with Crippen molar-refractivity contribution in [1.29, 1.82) is 5.26 Å². The van der Waals surface area contributed by atoms with Gasteiger partial charge in [0.05, 0.1) is 17.7 Å². The van der Waals surface area contributed by atoms with Gasteiger partial charge in [-0.25, -0.2) is 4.98 Å². The lowest BCUT2D eigenvalue weighted by molar-refractivity contribution is -0.137. The number of nitrogens with one attached hydrogen (secondary N) is 1. The predicted molar refractivity (Wildman–Crippen MR) is 49.5 cm³/mol. The molecule has 4 nitrogen and oxygen atoms in total. The van der Waals surface area contributed by atoms with Crippen molar-refractivity contribution in [3.63, 3.8) is 0 Å². The minimum Gasteiger partial charge on any atom is -0.395 e. The topological polar surface area (TPSA) is 68.9 Å². The van der Waals surface area contributed by atoms with Gasteiger partial charge in [0.25, 0.3) is 0 Å². The number of halogens is 3. The highest BCUT2D eigenvalue weighted by Gasteiger charge is 2.34. The number of hydrogen-bond acceptors (Lipinski definition) is 4. The Kier molecular flexibility index (Phi) is 3.68. The predicted octanol–water partition coefficient (Wildman–Crippen LogP) is 1.38. The maximum Gasteiger partial charge on any atom is 0.417 e. The first-order valence-electron chi connectivity index (χ1n) is 4.31. The van der Waals surface area contributed by atoms with E-state index in [1.807, 2.05) is 0 Å². The standard InChI is InChI=1S/C9H8F3N3O/c10-9(11,12)7-3-8(14-1-2-16)15-5-6(7)4-13/h3,5,16H,1-2H2,(H,14,15). The summed E-state index contributed by atoms with van der Waals surface area (Å²) >= 11 is 0. The number of nitrogens with zero attached hydrogens (tertiary/aromatic N) is 2. The number of anilines is 1. The molecule has 0 spiro atoms. The molecule has 0 aromatic carbocycles. The minimum atomic E-state index is -4.59. The van der Waals surface area contributed by atoms with Crippen molar-refractivity contribution in [2.24, 2.45) is 0 Å². The summed E-state index contributed by atoms with van der Waals surface area (Å²) in [6.07, 6.45) is -3.74. The maximum absolute atomic E-state index is 12.5. The summed E-state index contributed by atoms with van der Waals surface area (Å²) < 4.78 is 37.4. The Labute approximate surface area is 89.3 Å². The maximum atomic E-state index is 12.5. The molecular weight excluding hydrogens is 223 g/mol. The number of aliphatic hydroxyl groups excluding tert-OH is 1. The summed E-state index contributed by atoms with van der Waals surface area (Å²) in [6.45, 7) is -0.126. The second-order valence-corrected chi connectivity index (χ2v) is 2.88. The molecule has 0 amide bonds. The van der Waals surface area contributed by atoms with Crippen LogP contribution in [0.2, 0.25) is 0 Å². The van der Waals surface area contributed by atoms with Gasteiger partial charge in [0.2, 0.25) is 0 Å². The van der Waals surface area contributed by atoms with Crippen LogP contribution >= 0.6 is 0 Å². The summed E-state index contributed by atoms with van der Waals surface area (Å²) in [7, 11) is 0. The molecule has 0 radical (unpaired) electrons. The van der Waals surface area contributed by atoms with Gasteiger partial charge in [-0.1, -0.05) is 0 Å². The molecule has 0 aliphatic heterocycles.